The Kier molecular flexibility index (Phi) is 5.83. The summed E-state index contributed by atoms with van der Waals surface area (Å²) in [5, 5.41) is 4.73. The Morgan fingerprint density at radius 3 is 2.50 bits per heavy atom. The second kappa shape index (κ2) is 8.53. The van der Waals surface area contributed by atoms with E-state index in [2.05, 4.69) is 0 Å². The van der Waals surface area contributed by atoms with Gasteiger partial charge in [-0.2, -0.15) is 0 Å². The highest BCUT2D eigenvalue weighted by molar-refractivity contribution is 8.26. The molecule has 1 fully saturated rings. The minimum Gasteiger partial charge on any atom is -0.290 e. The Hall–Kier alpha value is -2.77. The normalized spacial score (nSPS) is 16.5. The first-order valence-electron chi connectivity index (χ1n) is 9.84. The SMILES string of the molecule is CC[C@H](C)N1C(=O)/C(=C\c2nc(-c3ccc(C)cc3)nn2-c2ccccc2)SC1=S. The van der Waals surface area contributed by atoms with Gasteiger partial charge in [-0.25, -0.2) is 9.67 Å². The molecule has 30 heavy (non-hydrogen) atoms. The van der Waals surface area contributed by atoms with E-state index in [4.69, 9.17) is 22.3 Å². The van der Waals surface area contributed by atoms with Crippen molar-refractivity contribution in [3.05, 3.63) is 70.9 Å². The first kappa shape index (κ1) is 20.5. The molecule has 1 atom stereocenters. The molecule has 1 saturated heterocycles. The topological polar surface area (TPSA) is 51.0 Å². The number of benzene rings is 2. The van der Waals surface area contributed by atoms with Gasteiger partial charge < -0.3 is 0 Å². The number of thiocarbonyl (C=S) groups is 1. The van der Waals surface area contributed by atoms with E-state index >= 15 is 0 Å². The van der Waals surface area contributed by atoms with Gasteiger partial charge in [0.2, 0.25) is 0 Å². The molecule has 0 radical (unpaired) electrons. The Labute approximate surface area is 185 Å². The summed E-state index contributed by atoms with van der Waals surface area (Å²) in [6.45, 7) is 6.10. The van der Waals surface area contributed by atoms with Crippen molar-refractivity contribution < 1.29 is 4.79 Å². The molecule has 7 heteroatoms. The number of hydrogen-bond acceptors (Lipinski definition) is 5. The van der Waals surface area contributed by atoms with Crippen LogP contribution in [-0.4, -0.2) is 35.9 Å². The molecule has 0 spiro atoms. The van der Waals surface area contributed by atoms with Gasteiger partial charge in [0.1, 0.15) is 4.32 Å². The Morgan fingerprint density at radius 1 is 1.13 bits per heavy atom. The van der Waals surface area contributed by atoms with Crippen LogP contribution >= 0.6 is 24.0 Å². The van der Waals surface area contributed by atoms with Crippen molar-refractivity contribution in [3.63, 3.8) is 0 Å². The van der Waals surface area contributed by atoms with Crippen LogP contribution in [0.25, 0.3) is 23.2 Å². The number of aryl methyl sites for hydroxylation is 1. The number of para-hydroxylation sites is 1. The highest BCUT2D eigenvalue weighted by atomic mass is 32.2. The summed E-state index contributed by atoms with van der Waals surface area (Å²) in [6, 6.07) is 18.0. The molecule has 0 bridgehead atoms. The smallest absolute Gasteiger partial charge is 0.266 e. The predicted octanol–water partition coefficient (Wildman–Crippen LogP) is 5.24. The summed E-state index contributed by atoms with van der Waals surface area (Å²) in [5.41, 5.74) is 2.99. The highest BCUT2D eigenvalue weighted by Crippen LogP contribution is 2.34. The van der Waals surface area contributed by atoms with Crippen LogP contribution in [0.3, 0.4) is 0 Å². The summed E-state index contributed by atoms with van der Waals surface area (Å²) in [6.07, 6.45) is 2.64. The van der Waals surface area contributed by atoms with E-state index in [1.807, 2.05) is 75.4 Å². The van der Waals surface area contributed by atoms with Crippen molar-refractivity contribution in [1.29, 1.82) is 0 Å². The fraction of sp³-hybridized carbons (Fsp3) is 0.217. The average molecular weight is 435 g/mol. The maximum atomic E-state index is 13.0. The lowest BCUT2D eigenvalue weighted by atomic mass is 10.1. The van der Waals surface area contributed by atoms with E-state index < -0.39 is 0 Å². The number of hydrogen-bond donors (Lipinski definition) is 0. The van der Waals surface area contributed by atoms with Crippen LogP contribution in [0, 0.1) is 6.92 Å². The molecule has 1 amide bonds. The molecule has 4 rings (SSSR count). The summed E-state index contributed by atoms with van der Waals surface area (Å²) < 4.78 is 2.36. The number of nitrogens with zero attached hydrogens (tertiary/aromatic N) is 4. The van der Waals surface area contributed by atoms with Crippen molar-refractivity contribution in [2.24, 2.45) is 0 Å². The van der Waals surface area contributed by atoms with E-state index in [1.54, 1.807) is 15.7 Å². The lowest BCUT2D eigenvalue weighted by Crippen LogP contribution is -2.36. The van der Waals surface area contributed by atoms with E-state index in [1.165, 1.54) is 17.3 Å². The first-order valence-corrected chi connectivity index (χ1v) is 11.1. The Morgan fingerprint density at radius 2 is 1.83 bits per heavy atom. The van der Waals surface area contributed by atoms with Gasteiger partial charge in [-0.15, -0.1) is 5.10 Å². The lowest BCUT2D eigenvalue weighted by Gasteiger charge is -2.21. The quantitative estimate of drug-likeness (QED) is 0.406. The number of thioether (sulfide) groups is 1. The third-order valence-electron chi connectivity index (χ3n) is 5.06. The molecular formula is C23H22N4OS2. The third kappa shape index (κ3) is 3.95. The minimum absolute atomic E-state index is 0.0681. The van der Waals surface area contributed by atoms with E-state index in [-0.39, 0.29) is 11.9 Å². The van der Waals surface area contributed by atoms with Gasteiger partial charge in [-0.05, 0) is 32.4 Å². The molecular weight excluding hydrogens is 412 g/mol. The number of carbonyl (C=O) groups is 1. The van der Waals surface area contributed by atoms with Gasteiger partial charge >= 0.3 is 0 Å². The summed E-state index contributed by atoms with van der Waals surface area (Å²) in [5.74, 6) is 1.14. The molecule has 1 aromatic heterocycles. The largest absolute Gasteiger partial charge is 0.290 e. The number of carbonyl (C=O) groups excluding carboxylic acids is 1. The van der Waals surface area contributed by atoms with Crippen LogP contribution in [-0.2, 0) is 4.79 Å². The van der Waals surface area contributed by atoms with Gasteiger partial charge in [0.25, 0.3) is 5.91 Å². The third-order valence-corrected chi connectivity index (χ3v) is 6.39. The summed E-state index contributed by atoms with van der Waals surface area (Å²) >= 11 is 6.78. The van der Waals surface area contributed by atoms with Crippen LogP contribution in [0.15, 0.2) is 59.5 Å². The zero-order valence-electron chi connectivity index (χ0n) is 17.1. The molecule has 2 aromatic carbocycles. The monoisotopic (exact) mass is 434 g/mol. The Balaban J connectivity index is 1.79. The van der Waals surface area contributed by atoms with Crippen molar-refractivity contribution in [2.75, 3.05) is 0 Å². The maximum absolute atomic E-state index is 13.0. The van der Waals surface area contributed by atoms with E-state index in [0.29, 0.717) is 20.9 Å². The molecule has 0 N–H and O–H groups in total. The first-order chi connectivity index (χ1) is 14.5. The van der Waals surface area contributed by atoms with Crippen LogP contribution in [0.2, 0.25) is 0 Å². The van der Waals surface area contributed by atoms with E-state index in [0.717, 1.165) is 17.7 Å². The molecule has 152 valence electrons. The van der Waals surface area contributed by atoms with Gasteiger partial charge in [0.05, 0.1) is 10.6 Å². The molecule has 5 nitrogen and oxygen atoms in total. The average Bonchev–Trinajstić information content (AvgIpc) is 3.29. The van der Waals surface area contributed by atoms with Gasteiger partial charge in [-0.3, -0.25) is 9.69 Å². The molecule has 1 aliphatic heterocycles. The van der Waals surface area contributed by atoms with Crippen LogP contribution in [0.4, 0.5) is 0 Å². The predicted molar refractivity (Wildman–Crippen MR) is 126 cm³/mol. The van der Waals surface area contributed by atoms with E-state index in [9.17, 15) is 4.79 Å². The standard InChI is InChI=1S/C23H22N4OS2/c1-4-16(3)26-22(28)19(30-23(26)29)14-20-24-21(17-12-10-15(2)11-13-17)25-27(20)18-8-6-5-7-9-18/h5-14,16H,4H2,1-3H3/b19-14+/t16-/m0/s1. The number of amides is 1. The number of rotatable bonds is 5. The molecule has 3 aromatic rings. The summed E-state index contributed by atoms with van der Waals surface area (Å²) in [7, 11) is 0. The zero-order chi connectivity index (χ0) is 21.3. The number of aromatic nitrogens is 3. The van der Waals surface area contributed by atoms with Gasteiger partial charge in [0.15, 0.2) is 11.6 Å². The highest BCUT2D eigenvalue weighted by Gasteiger charge is 2.35. The van der Waals surface area contributed by atoms with Crippen molar-refractivity contribution in [3.8, 4) is 17.1 Å². The van der Waals surface area contributed by atoms with Crippen molar-refractivity contribution in [1.82, 2.24) is 19.7 Å². The second-order valence-electron chi connectivity index (χ2n) is 7.22. The minimum atomic E-state index is -0.0705. The van der Waals surface area contributed by atoms with Gasteiger partial charge in [-0.1, -0.05) is 78.9 Å². The molecule has 0 aliphatic carbocycles. The molecule has 2 heterocycles. The lowest BCUT2D eigenvalue weighted by molar-refractivity contribution is -0.123. The molecule has 0 unspecified atom stereocenters. The van der Waals surface area contributed by atoms with Crippen LogP contribution in [0.1, 0.15) is 31.7 Å². The Bertz CT molecular complexity index is 1120. The van der Waals surface area contributed by atoms with Crippen LogP contribution in [0.5, 0.6) is 0 Å². The second-order valence-corrected chi connectivity index (χ2v) is 8.89. The maximum Gasteiger partial charge on any atom is 0.266 e. The fourth-order valence-electron chi connectivity index (χ4n) is 3.16. The zero-order valence-corrected chi connectivity index (χ0v) is 18.7. The fourth-order valence-corrected chi connectivity index (χ4v) is 4.59. The van der Waals surface area contributed by atoms with Gasteiger partial charge in [0, 0.05) is 17.7 Å². The molecule has 0 saturated carbocycles. The van der Waals surface area contributed by atoms with Crippen LogP contribution < -0.4 is 0 Å². The van der Waals surface area contributed by atoms with Crippen molar-refractivity contribution in [2.45, 2.75) is 33.2 Å². The molecule has 1 aliphatic rings. The summed E-state index contributed by atoms with van der Waals surface area (Å²) in [4.78, 5) is 20.0. The van der Waals surface area contributed by atoms with Crippen molar-refractivity contribution >= 4 is 40.3 Å².